The first-order chi connectivity index (χ1) is 8.20. The number of carbonyl (C=O) groups is 1. The number of nitrogens with two attached hydrogens (primary N) is 1. The summed E-state index contributed by atoms with van der Waals surface area (Å²) in [7, 11) is -3.44. The van der Waals surface area contributed by atoms with Crippen molar-refractivity contribution in [2.24, 2.45) is 5.73 Å². The van der Waals surface area contributed by atoms with E-state index in [1.54, 1.807) is 6.92 Å². The van der Waals surface area contributed by atoms with Gasteiger partial charge in [0.15, 0.2) is 9.84 Å². The van der Waals surface area contributed by atoms with Crippen LogP contribution in [0.4, 0.5) is 10.1 Å². The van der Waals surface area contributed by atoms with Gasteiger partial charge in [-0.1, -0.05) is 0 Å². The number of hydrogen-bond acceptors (Lipinski definition) is 4. The van der Waals surface area contributed by atoms with Crippen molar-refractivity contribution in [1.82, 2.24) is 0 Å². The van der Waals surface area contributed by atoms with E-state index in [0.717, 1.165) is 24.5 Å². The molecule has 1 atom stereocenters. The van der Waals surface area contributed by atoms with E-state index in [1.165, 1.54) is 0 Å². The van der Waals surface area contributed by atoms with E-state index < -0.39 is 21.6 Å². The number of rotatable bonds is 4. The summed E-state index contributed by atoms with van der Waals surface area (Å²) >= 11 is 0. The fraction of sp³-hybridized carbons (Fsp3) is 0.364. The average Bonchev–Trinajstić information content (AvgIpc) is 2.18. The van der Waals surface area contributed by atoms with Crippen LogP contribution in [0.1, 0.15) is 13.3 Å². The van der Waals surface area contributed by atoms with Crippen molar-refractivity contribution in [2.75, 3.05) is 11.6 Å². The lowest BCUT2D eigenvalue weighted by Gasteiger charge is -2.09. The molecule has 0 aliphatic heterocycles. The quantitative estimate of drug-likeness (QED) is 0.798. The minimum atomic E-state index is -3.44. The monoisotopic (exact) mass is 274 g/mol. The summed E-state index contributed by atoms with van der Waals surface area (Å²) < 4.78 is 36.0. The highest BCUT2D eigenvalue weighted by Crippen LogP contribution is 2.19. The predicted molar refractivity (Wildman–Crippen MR) is 66.4 cm³/mol. The number of sulfone groups is 1. The number of hydrogen-bond donors (Lipinski definition) is 2. The van der Waals surface area contributed by atoms with Crippen LogP contribution in [0.15, 0.2) is 23.1 Å². The highest BCUT2D eigenvalue weighted by Gasteiger charge is 2.13. The fourth-order valence-corrected chi connectivity index (χ4v) is 1.97. The molecule has 0 spiro atoms. The van der Waals surface area contributed by atoms with Crippen molar-refractivity contribution in [1.29, 1.82) is 0 Å². The van der Waals surface area contributed by atoms with Crippen LogP contribution in [0.5, 0.6) is 0 Å². The molecule has 0 aliphatic carbocycles. The maximum atomic E-state index is 13.4. The number of benzene rings is 1. The molecule has 1 rings (SSSR count). The van der Waals surface area contributed by atoms with E-state index >= 15 is 0 Å². The maximum absolute atomic E-state index is 13.4. The standard InChI is InChI=1S/C11H15FN2O3S/c1-7(13)5-11(15)14-10-6-8(18(2,16)17)3-4-9(10)12/h3-4,6-7H,5,13H2,1-2H3,(H,14,15). The van der Waals surface area contributed by atoms with Gasteiger partial charge in [-0.25, -0.2) is 12.8 Å². The number of halogens is 1. The summed E-state index contributed by atoms with van der Waals surface area (Å²) in [5.41, 5.74) is 5.27. The van der Waals surface area contributed by atoms with Crippen LogP contribution in [0.3, 0.4) is 0 Å². The normalized spacial score (nSPS) is 13.1. The van der Waals surface area contributed by atoms with Gasteiger partial charge in [0.05, 0.1) is 10.6 Å². The Morgan fingerprint density at radius 1 is 1.50 bits per heavy atom. The van der Waals surface area contributed by atoms with Crippen LogP contribution < -0.4 is 11.1 Å². The van der Waals surface area contributed by atoms with Crippen molar-refractivity contribution in [3.63, 3.8) is 0 Å². The second-order valence-corrected chi connectivity index (χ2v) is 6.16. The van der Waals surface area contributed by atoms with Crippen molar-refractivity contribution in [3.05, 3.63) is 24.0 Å². The van der Waals surface area contributed by atoms with Gasteiger partial charge in [-0.2, -0.15) is 0 Å². The largest absolute Gasteiger partial charge is 0.327 e. The zero-order valence-electron chi connectivity index (χ0n) is 10.1. The Labute approximate surface area is 105 Å². The molecule has 1 aromatic carbocycles. The van der Waals surface area contributed by atoms with Gasteiger partial charge in [0.2, 0.25) is 5.91 Å². The molecule has 0 saturated heterocycles. The van der Waals surface area contributed by atoms with Crippen molar-refractivity contribution in [2.45, 2.75) is 24.3 Å². The number of amides is 1. The van der Waals surface area contributed by atoms with Gasteiger partial charge in [-0.15, -0.1) is 0 Å². The Bertz CT molecular complexity index is 555. The summed E-state index contributed by atoms with van der Waals surface area (Å²) in [5.74, 6) is -1.16. The molecule has 0 heterocycles. The van der Waals surface area contributed by atoms with Gasteiger partial charge < -0.3 is 11.1 Å². The van der Waals surface area contributed by atoms with Gasteiger partial charge >= 0.3 is 0 Å². The smallest absolute Gasteiger partial charge is 0.225 e. The van der Waals surface area contributed by atoms with Crippen molar-refractivity contribution >= 4 is 21.4 Å². The topological polar surface area (TPSA) is 89.3 Å². The molecule has 0 bridgehead atoms. The SMILES string of the molecule is CC(N)CC(=O)Nc1cc(S(C)(=O)=O)ccc1F. The minimum Gasteiger partial charge on any atom is -0.327 e. The Balaban J connectivity index is 2.99. The average molecular weight is 274 g/mol. The lowest BCUT2D eigenvalue weighted by Crippen LogP contribution is -2.24. The number of nitrogens with one attached hydrogen (secondary N) is 1. The van der Waals surface area contributed by atoms with Crippen molar-refractivity contribution < 1.29 is 17.6 Å². The Morgan fingerprint density at radius 3 is 2.61 bits per heavy atom. The summed E-state index contributed by atoms with van der Waals surface area (Å²) in [6.07, 6.45) is 1.04. The Kier molecular flexibility index (Phi) is 4.42. The van der Waals surface area contributed by atoms with Crippen molar-refractivity contribution in [3.8, 4) is 0 Å². The lowest BCUT2D eigenvalue weighted by atomic mass is 10.2. The van der Waals surface area contributed by atoms with E-state index in [0.29, 0.717) is 0 Å². The predicted octanol–water partition coefficient (Wildman–Crippen LogP) is 0.905. The van der Waals surface area contributed by atoms with Crippen LogP contribution in [-0.2, 0) is 14.6 Å². The molecule has 1 unspecified atom stereocenters. The maximum Gasteiger partial charge on any atom is 0.225 e. The number of anilines is 1. The fourth-order valence-electron chi connectivity index (χ4n) is 1.32. The molecule has 1 aromatic rings. The van der Waals surface area contributed by atoms with Gasteiger partial charge in [0.25, 0.3) is 0 Å². The molecular weight excluding hydrogens is 259 g/mol. The van der Waals surface area contributed by atoms with E-state index in [1.807, 2.05) is 0 Å². The molecule has 5 nitrogen and oxygen atoms in total. The second-order valence-electron chi connectivity index (χ2n) is 4.14. The molecule has 0 saturated carbocycles. The molecule has 1 amide bonds. The molecule has 0 fully saturated rings. The third-order valence-electron chi connectivity index (χ3n) is 2.15. The number of carbonyl (C=O) groups excluding carboxylic acids is 1. The Hall–Kier alpha value is -1.47. The van der Waals surface area contributed by atoms with E-state index in [-0.39, 0.29) is 23.0 Å². The molecule has 100 valence electrons. The summed E-state index contributed by atoms with van der Waals surface area (Å²) in [6.45, 7) is 1.64. The molecule has 3 N–H and O–H groups in total. The summed E-state index contributed by atoms with van der Waals surface area (Å²) in [4.78, 5) is 11.4. The third kappa shape index (κ3) is 4.08. The molecule has 7 heteroatoms. The second kappa shape index (κ2) is 5.45. The van der Waals surface area contributed by atoms with Crippen LogP contribution >= 0.6 is 0 Å². The zero-order valence-corrected chi connectivity index (χ0v) is 10.9. The zero-order chi connectivity index (χ0) is 13.9. The highest BCUT2D eigenvalue weighted by atomic mass is 32.2. The molecule has 0 aliphatic rings. The molecule has 0 radical (unpaired) electrons. The van der Waals surface area contributed by atoms with E-state index in [9.17, 15) is 17.6 Å². The van der Waals surface area contributed by atoms with Gasteiger partial charge in [-0.05, 0) is 25.1 Å². The van der Waals surface area contributed by atoms with Crippen LogP contribution in [-0.4, -0.2) is 26.6 Å². The summed E-state index contributed by atoms with van der Waals surface area (Å²) in [5, 5.41) is 2.30. The first-order valence-electron chi connectivity index (χ1n) is 5.25. The van der Waals surface area contributed by atoms with E-state index in [4.69, 9.17) is 5.73 Å². The van der Waals surface area contributed by atoms with Crippen LogP contribution in [0.25, 0.3) is 0 Å². The first-order valence-corrected chi connectivity index (χ1v) is 7.14. The lowest BCUT2D eigenvalue weighted by molar-refractivity contribution is -0.116. The Morgan fingerprint density at radius 2 is 2.11 bits per heavy atom. The van der Waals surface area contributed by atoms with Crippen LogP contribution in [0, 0.1) is 5.82 Å². The summed E-state index contributed by atoms with van der Waals surface area (Å²) in [6, 6.07) is 2.87. The van der Waals surface area contributed by atoms with Crippen LogP contribution in [0.2, 0.25) is 0 Å². The molecular formula is C11H15FN2O3S. The first kappa shape index (κ1) is 14.6. The van der Waals surface area contributed by atoms with Gasteiger partial charge in [-0.3, -0.25) is 4.79 Å². The van der Waals surface area contributed by atoms with Gasteiger partial charge in [0.1, 0.15) is 5.82 Å². The van der Waals surface area contributed by atoms with Gasteiger partial charge in [0, 0.05) is 18.7 Å². The third-order valence-corrected chi connectivity index (χ3v) is 3.26. The highest BCUT2D eigenvalue weighted by molar-refractivity contribution is 7.90. The van der Waals surface area contributed by atoms with E-state index in [2.05, 4.69) is 5.32 Å². The molecule has 0 aromatic heterocycles. The minimum absolute atomic E-state index is 0.0303. The molecule has 18 heavy (non-hydrogen) atoms.